The van der Waals surface area contributed by atoms with Gasteiger partial charge in [-0.1, -0.05) is 0 Å². The van der Waals surface area contributed by atoms with E-state index in [1.807, 2.05) is 0 Å². The molecule has 0 saturated carbocycles. The zero-order valence-electron chi connectivity index (χ0n) is 19.2. The average molecular weight is 471 g/mol. The van der Waals surface area contributed by atoms with Gasteiger partial charge in [-0.15, -0.1) is 0 Å². The molecule has 1 atom stereocenters. The predicted molar refractivity (Wildman–Crippen MR) is 128 cm³/mol. The molecule has 0 aliphatic carbocycles. The van der Waals surface area contributed by atoms with Crippen molar-refractivity contribution in [2.75, 3.05) is 20.8 Å². The Morgan fingerprint density at radius 1 is 1.17 bits per heavy atom. The summed E-state index contributed by atoms with van der Waals surface area (Å²) in [6, 6.07) is 13.0. The minimum absolute atomic E-state index is 0.0807. The van der Waals surface area contributed by atoms with Crippen molar-refractivity contribution in [3.8, 4) is 34.5 Å². The number of hydrogen-bond acceptors (Lipinski definition) is 7. The molecule has 1 unspecified atom stereocenters. The van der Waals surface area contributed by atoms with E-state index in [1.165, 1.54) is 37.0 Å². The smallest absolute Gasteiger partial charge is 0.266 e. The summed E-state index contributed by atoms with van der Waals surface area (Å²) in [7, 11) is 2.91. The van der Waals surface area contributed by atoms with Gasteiger partial charge in [-0.2, -0.15) is 5.26 Å². The van der Waals surface area contributed by atoms with Crippen molar-refractivity contribution < 1.29 is 13.9 Å². The molecule has 5 rings (SSSR count). The molecule has 1 aliphatic heterocycles. The van der Waals surface area contributed by atoms with Gasteiger partial charge < -0.3 is 14.8 Å². The Kier molecular flexibility index (Phi) is 5.89. The summed E-state index contributed by atoms with van der Waals surface area (Å²) >= 11 is 0. The van der Waals surface area contributed by atoms with Crippen LogP contribution in [0.4, 0.5) is 4.39 Å². The molecule has 2 aromatic carbocycles. The van der Waals surface area contributed by atoms with Crippen molar-refractivity contribution in [3.63, 3.8) is 0 Å². The third kappa shape index (κ3) is 3.98. The van der Waals surface area contributed by atoms with Crippen LogP contribution in [0.25, 0.3) is 27.7 Å². The average Bonchev–Trinajstić information content (AvgIpc) is 3.43. The second-order valence-corrected chi connectivity index (χ2v) is 8.20. The van der Waals surface area contributed by atoms with Gasteiger partial charge >= 0.3 is 0 Å². The highest BCUT2D eigenvalue weighted by Crippen LogP contribution is 2.32. The second kappa shape index (κ2) is 9.16. The number of pyridine rings is 1. The van der Waals surface area contributed by atoms with Gasteiger partial charge in [0.05, 0.1) is 48.5 Å². The number of halogens is 1. The van der Waals surface area contributed by atoms with Crippen LogP contribution >= 0.6 is 0 Å². The van der Waals surface area contributed by atoms with Gasteiger partial charge in [0.1, 0.15) is 5.82 Å². The molecule has 176 valence electrons. The van der Waals surface area contributed by atoms with Crippen LogP contribution in [-0.2, 0) is 0 Å². The summed E-state index contributed by atoms with van der Waals surface area (Å²) < 4.78 is 26.2. The van der Waals surface area contributed by atoms with Crippen molar-refractivity contribution in [2.45, 2.75) is 18.9 Å². The standard InChI is InChI=1S/C26H22FN5O3/c1-34-22-7-6-17(12-20(22)27)32-25(21-4-3-9-29-21)31-24-18(16-5-8-23(35-2)30-14-16)10-15(13-28)11-19(24)26(32)33/h5-8,10-12,14,21,29H,3-4,9H2,1-2H3. The lowest BCUT2D eigenvalue weighted by molar-refractivity contribution is 0.386. The summed E-state index contributed by atoms with van der Waals surface area (Å²) in [5.74, 6) is 0.425. The van der Waals surface area contributed by atoms with Gasteiger partial charge in [0.2, 0.25) is 5.88 Å². The number of nitrogens with one attached hydrogen (secondary N) is 1. The Morgan fingerprint density at radius 3 is 2.66 bits per heavy atom. The van der Waals surface area contributed by atoms with E-state index < -0.39 is 5.82 Å². The zero-order valence-corrected chi connectivity index (χ0v) is 19.2. The number of hydrogen-bond donors (Lipinski definition) is 1. The fourth-order valence-electron chi connectivity index (χ4n) is 4.43. The van der Waals surface area contributed by atoms with Gasteiger partial charge in [0, 0.05) is 29.5 Å². The highest BCUT2D eigenvalue weighted by atomic mass is 19.1. The van der Waals surface area contributed by atoms with E-state index in [9.17, 15) is 14.4 Å². The Morgan fingerprint density at radius 2 is 2.03 bits per heavy atom. The van der Waals surface area contributed by atoms with Crippen LogP contribution in [0.3, 0.4) is 0 Å². The number of rotatable bonds is 5. The maximum atomic E-state index is 14.6. The van der Waals surface area contributed by atoms with Gasteiger partial charge in [0.15, 0.2) is 11.6 Å². The molecule has 1 fully saturated rings. The zero-order chi connectivity index (χ0) is 24.5. The van der Waals surface area contributed by atoms with Gasteiger partial charge in [0.25, 0.3) is 5.56 Å². The van der Waals surface area contributed by atoms with Gasteiger partial charge in [-0.3, -0.25) is 9.36 Å². The summed E-state index contributed by atoms with van der Waals surface area (Å²) in [6.07, 6.45) is 3.33. The summed E-state index contributed by atoms with van der Waals surface area (Å²) in [5, 5.41) is 13.3. The first kappa shape index (κ1) is 22.5. The molecular weight excluding hydrogens is 449 g/mol. The molecular formula is C26H22FN5O3. The number of fused-ring (bicyclic) bond motifs is 1. The van der Waals surface area contributed by atoms with E-state index in [1.54, 1.807) is 30.5 Å². The van der Waals surface area contributed by atoms with Crippen LogP contribution in [0.15, 0.2) is 53.5 Å². The molecule has 0 amide bonds. The minimum Gasteiger partial charge on any atom is -0.494 e. The van der Waals surface area contributed by atoms with Crippen LogP contribution < -0.4 is 20.3 Å². The molecule has 0 bridgehead atoms. The van der Waals surface area contributed by atoms with Crippen molar-refractivity contribution in [2.24, 2.45) is 0 Å². The normalized spacial score (nSPS) is 15.2. The number of ether oxygens (including phenoxy) is 2. The van der Waals surface area contributed by atoms with Crippen LogP contribution in [0.5, 0.6) is 11.6 Å². The molecule has 1 aliphatic rings. The van der Waals surface area contributed by atoms with Crippen molar-refractivity contribution >= 4 is 10.9 Å². The van der Waals surface area contributed by atoms with Crippen LogP contribution in [0, 0.1) is 17.1 Å². The first-order chi connectivity index (χ1) is 17.0. The molecule has 4 aromatic rings. The minimum atomic E-state index is -0.585. The highest BCUT2D eigenvalue weighted by Gasteiger charge is 2.26. The van der Waals surface area contributed by atoms with Crippen molar-refractivity contribution in [1.82, 2.24) is 19.9 Å². The third-order valence-electron chi connectivity index (χ3n) is 6.15. The number of nitriles is 1. The van der Waals surface area contributed by atoms with E-state index in [4.69, 9.17) is 14.5 Å². The lowest BCUT2D eigenvalue weighted by atomic mass is 10.0. The van der Waals surface area contributed by atoms with E-state index in [0.29, 0.717) is 39.6 Å². The number of aromatic nitrogens is 3. The first-order valence-electron chi connectivity index (χ1n) is 11.1. The lowest BCUT2D eigenvalue weighted by Gasteiger charge is -2.20. The molecule has 9 heteroatoms. The Hall–Kier alpha value is -4.29. The molecule has 1 saturated heterocycles. The third-order valence-corrected chi connectivity index (χ3v) is 6.15. The van der Waals surface area contributed by atoms with E-state index in [0.717, 1.165) is 19.4 Å². The van der Waals surface area contributed by atoms with Crippen molar-refractivity contribution in [1.29, 1.82) is 5.26 Å². The maximum Gasteiger partial charge on any atom is 0.266 e. The molecule has 0 radical (unpaired) electrons. The lowest BCUT2D eigenvalue weighted by Crippen LogP contribution is -2.29. The highest BCUT2D eigenvalue weighted by molar-refractivity contribution is 5.94. The molecule has 0 spiro atoms. The summed E-state index contributed by atoms with van der Waals surface area (Å²) in [5.41, 5.74) is 2.01. The van der Waals surface area contributed by atoms with Crippen LogP contribution in [-0.4, -0.2) is 35.3 Å². The Bertz CT molecular complexity index is 1520. The SMILES string of the molecule is COc1ccc(-c2cc(C#N)cc3c(=O)n(-c4ccc(OC)c(F)c4)c(C4CCCN4)nc23)cn1. The summed E-state index contributed by atoms with van der Waals surface area (Å²) in [4.78, 5) is 23.1. The number of methoxy groups -OCH3 is 2. The summed E-state index contributed by atoms with van der Waals surface area (Å²) in [6.45, 7) is 0.790. The largest absolute Gasteiger partial charge is 0.494 e. The topological polar surface area (TPSA) is 102 Å². The predicted octanol–water partition coefficient (Wildman–Crippen LogP) is 3.90. The number of nitrogens with zero attached hydrogens (tertiary/aromatic N) is 4. The second-order valence-electron chi connectivity index (χ2n) is 8.20. The molecule has 8 nitrogen and oxygen atoms in total. The number of benzene rings is 2. The Balaban J connectivity index is 1.83. The fraction of sp³-hybridized carbons (Fsp3) is 0.231. The van der Waals surface area contributed by atoms with Crippen LogP contribution in [0.1, 0.15) is 30.3 Å². The molecule has 1 N–H and O–H groups in total. The van der Waals surface area contributed by atoms with Crippen molar-refractivity contribution in [3.05, 3.63) is 76.2 Å². The van der Waals surface area contributed by atoms with E-state index in [2.05, 4.69) is 16.4 Å². The molecule has 2 aromatic heterocycles. The monoisotopic (exact) mass is 471 g/mol. The quantitative estimate of drug-likeness (QED) is 0.471. The Labute approximate surface area is 200 Å². The first-order valence-corrected chi connectivity index (χ1v) is 11.1. The van der Waals surface area contributed by atoms with E-state index in [-0.39, 0.29) is 22.7 Å². The van der Waals surface area contributed by atoms with Crippen LogP contribution in [0.2, 0.25) is 0 Å². The van der Waals surface area contributed by atoms with Gasteiger partial charge in [-0.05, 0) is 49.7 Å². The molecule has 3 heterocycles. The molecule has 35 heavy (non-hydrogen) atoms. The van der Waals surface area contributed by atoms with E-state index >= 15 is 0 Å². The van der Waals surface area contributed by atoms with Gasteiger partial charge in [-0.25, -0.2) is 14.4 Å². The maximum absolute atomic E-state index is 14.6. The fourth-order valence-corrected chi connectivity index (χ4v) is 4.43.